The molecule has 0 spiro atoms. The molecule has 1 atom stereocenters. The smallest absolute Gasteiger partial charge is 0.132 e. The van der Waals surface area contributed by atoms with Crippen LogP contribution in [-0.4, -0.2) is 12.2 Å². The summed E-state index contributed by atoms with van der Waals surface area (Å²) in [5.74, 6) is -0.428. The zero-order valence-corrected chi connectivity index (χ0v) is 12.1. The van der Waals surface area contributed by atoms with Crippen molar-refractivity contribution in [1.82, 2.24) is 0 Å². The monoisotopic (exact) mass is 273 g/mol. The van der Waals surface area contributed by atoms with Gasteiger partial charge in [0.15, 0.2) is 0 Å². The van der Waals surface area contributed by atoms with Crippen molar-refractivity contribution in [1.29, 1.82) is 0 Å². The van der Waals surface area contributed by atoms with Gasteiger partial charge in [0.2, 0.25) is 0 Å². The lowest BCUT2D eigenvalue weighted by atomic mass is 10.1. The van der Waals surface area contributed by atoms with Crippen molar-refractivity contribution in [3.05, 3.63) is 59.4 Å². The van der Waals surface area contributed by atoms with Crippen LogP contribution in [0.25, 0.3) is 0 Å². The minimum Gasteiger partial charge on any atom is -0.508 e. The Bertz CT molecular complexity index is 580. The van der Waals surface area contributed by atoms with E-state index in [9.17, 15) is 9.50 Å². The van der Waals surface area contributed by atoms with Crippen molar-refractivity contribution in [2.24, 2.45) is 0 Å². The molecule has 0 radical (unpaired) electrons. The Morgan fingerprint density at radius 2 is 1.80 bits per heavy atom. The first kappa shape index (κ1) is 14.4. The van der Waals surface area contributed by atoms with Gasteiger partial charge in [-0.1, -0.05) is 25.1 Å². The zero-order chi connectivity index (χ0) is 14.7. The topological polar surface area (TPSA) is 23.5 Å². The summed E-state index contributed by atoms with van der Waals surface area (Å²) in [6.07, 6.45) is 1.01. The van der Waals surface area contributed by atoms with Gasteiger partial charge >= 0.3 is 0 Å². The average Bonchev–Trinajstić information content (AvgIpc) is 2.46. The van der Waals surface area contributed by atoms with E-state index in [0.717, 1.165) is 18.2 Å². The molecule has 2 rings (SSSR count). The van der Waals surface area contributed by atoms with Crippen molar-refractivity contribution < 1.29 is 9.50 Å². The van der Waals surface area contributed by atoms with E-state index in [1.807, 2.05) is 31.0 Å². The molecular formula is C17H20FNO. The van der Waals surface area contributed by atoms with E-state index in [4.69, 9.17) is 0 Å². The van der Waals surface area contributed by atoms with Crippen LogP contribution in [0.3, 0.4) is 0 Å². The number of hydrogen-bond donors (Lipinski definition) is 1. The van der Waals surface area contributed by atoms with E-state index >= 15 is 0 Å². The van der Waals surface area contributed by atoms with E-state index < -0.39 is 0 Å². The van der Waals surface area contributed by atoms with E-state index in [1.54, 1.807) is 6.07 Å². The number of benzene rings is 2. The molecule has 0 saturated heterocycles. The van der Waals surface area contributed by atoms with Gasteiger partial charge in [-0.25, -0.2) is 4.39 Å². The lowest BCUT2D eigenvalue weighted by Gasteiger charge is -2.28. The summed E-state index contributed by atoms with van der Waals surface area (Å²) in [6.45, 7) is 4.07. The van der Waals surface area contributed by atoms with E-state index in [-0.39, 0.29) is 17.6 Å². The first-order valence-electron chi connectivity index (χ1n) is 6.83. The van der Waals surface area contributed by atoms with Crippen LogP contribution in [-0.2, 0) is 6.42 Å². The number of rotatable bonds is 4. The molecule has 1 N–H and O–H groups in total. The molecule has 0 heterocycles. The summed E-state index contributed by atoms with van der Waals surface area (Å²) in [5.41, 5.74) is 2.90. The van der Waals surface area contributed by atoms with Gasteiger partial charge in [0.05, 0.1) is 6.04 Å². The van der Waals surface area contributed by atoms with Crippen LogP contribution < -0.4 is 4.90 Å². The standard InChI is InChI=1S/C17H20FNO/c1-4-13-5-7-14(8-6-13)19(3)12(2)16-10-9-15(20)11-17(16)18/h5-12,20H,4H2,1-3H3. The van der Waals surface area contributed by atoms with Crippen molar-refractivity contribution >= 4 is 5.69 Å². The zero-order valence-electron chi connectivity index (χ0n) is 12.1. The first-order chi connectivity index (χ1) is 9.52. The van der Waals surface area contributed by atoms with E-state index in [1.165, 1.54) is 11.6 Å². The molecule has 0 aliphatic heterocycles. The summed E-state index contributed by atoms with van der Waals surface area (Å²) < 4.78 is 13.9. The summed E-state index contributed by atoms with van der Waals surface area (Å²) in [5, 5.41) is 9.28. The van der Waals surface area contributed by atoms with Crippen molar-refractivity contribution in [3.8, 4) is 5.75 Å². The fourth-order valence-electron chi connectivity index (χ4n) is 2.25. The van der Waals surface area contributed by atoms with Crippen LogP contribution in [0.4, 0.5) is 10.1 Å². The Kier molecular flexibility index (Phi) is 4.28. The highest BCUT2D eigenvalue weighted by atomic mass is 19.1. The Balaban J connectivity index is 2.24. The highest BCUT2D eigenvalue weighted by molar-refractivity contribution is 5.49. The van der Waals surface area contributed by atoms with Crippen LogP contribution >= 0.6 is 0 Å². The van der Waals surface area contributed by atoms with E-state index in [0.29, 0.717) is 5.56 Å². The largest absolute Gasteiger partial charge is 0.508 e. The molecule has 2 aromatic rings. The van der Waals surface area contributed by atoms with Gasteiger partial charge in [-0.2, -0.15) is 0 Å². The van der Waals surface area contributed by atoms with Crippen molar-refractivity contribution in [3.63, 3.8) is 0 Å². The maximum absolute atomic E-state index is 13.9. The van der Waals surface area contributed by atoms with Crippen LogP contribution in [0.2, 0.25) is 0 Å². The number of hydrogen-bond acceptors (Lipinski definition) is 2. The van der Waals surface area contributed by atoms with Gasteiger partial charge in [0.25, 0.3) is 0 Å². The first-order valence-corrected chi connectivity index (χ1v) is 6.83. The molecule has 3 heteroatoms. The molecule has 0 bridgehead atoms. The van der Waals surface area contributed by atoms with E-state index in [2.05, 4.69) is 19.1 Å². The van der Waals surface area contributed by atoms with Crippen LogP contribution in [0.15, 0.2) is 42.5 Å². The number of phenols is 1. The predicted molar refractivity (Wildman–Crippen MR) is 80.7 cm³/mol. The van der Waals surface area contributed by atoms with Gasteiger partial charge in [0, 0.05) is 24.4 Å². The minimum absolute atomic E-state index is 0.0478. The molecule has 20 heavy (non-hydrogen) atoms. The Hall–Kier alpha value is -2.03. The molecule has 0 amide bonds. The third-order valence-corrected chi connectivity index (χ3v) is 3.77. The summed E-state index contributed by atoms with van der Waals surface area (Å²) >= 11 is 0. The Morgan fingerprint density at radius 1 is 1.15 bits per heavy atom. The van der Waals surface area contributed by atoms with Gasteiger partial charge in [-0.05, 0) is 37.1 Å². The Labute approximate surface area is 119 Å². The van der Waals surface area contributed by atoms with Crippen LogP contribution in [0, 0.1) is 5.82 Å². The molecule has 0 aliphatic rings. The SMILES string of the molecule is CCc1ccc(N(C)C(C)c2ccc(O)cc2F)cc1. The van der Waals surface area contributed by atoms with Gasteiger partial charge in [0.1, 0.15) is 11.6 Å². The molecule has 106 valence electrons. The second-order valence-electron chi connectivity index (χ2n) is 5.01. The number of anilines is 1. The molecule has 2 aromatic carbocycles. The minimum atomic E-state index is -0.380. The predicted octanol–water partition coefficient (Wildman–Crippen LogP) is 4.29. The summed E-state index contributed by atoms with van der Waals surface area (Å²) in [6, 6.07) is 12.5. The van der Waals surface area contributed by atoms with Crippen molar-refractivity contribution in [2.45, 2.75) is 26.3 Å². The fourth-order valence-corrected chi connectivity index (χ4v) is 2.25. The lowest BCUT2D eigenvalue weighted by Crippen LogP contribution is -2.22. The molecule has 0 saturated carbocycles. The highest BCUT2D eigenvalue weighted by Gasteiger charge is 2.16. The molecule has 2 nitrogen and oxygen atoms in total. The number of halogens is 1. The summed E-state index contributed by atoms with van der Waals surface area (Å²) in [4.78, 5) is 2.02. The fraction of sp³-hybridized carbons (Fsp3) is 0.294. The lowest BCUT2D eigenvalue weighted by molar-refractivity contribution is 0.466. The maximum Gasteiger partial charge on any atom is 0.132 e. The molecule has 1 unspecified atom stereocenters. The quantitative estimate of drug-likeness (QED) is 0.898. The number of phenolic OH excluding ortho intramolecular Hbond substituents is 1. The highest BCUT2D eigenvalue weighted by Crippen LogP contribution is 2.28. The third-order valence-electron chi connectivity index (χ3n) is 3.77. The molecule has 0 fully saturated rings. The maximum atomic E-state index is 13.9. The van der Waals surface area contributed by atoms with Crippen LogP contribution in [0.1, 0.15) is 31.0 Å². The number of nitrogens with zero attached hydrogens (tertiary/aromatic N) is 1. The number of aryl methyl sites for hydroxylation is 1. The van der Waals surface area contributed by atoms with Gasteiger partial charge < -0.3 is 10.0 Å². The molecule has 0 aliphatic carbocycles. The number of aromatic hydroxyl groups is 1. The third kappa shape index (κ3) is 2.93. The molecule has 0 aromatic heterocycles. The van der Waals surface area contributed by atoms with Gasteiger partial charge in [-0.3, -0.25) is 0 Å². The van der Waals surface area contributed by atoms with Crippen molar-refractivity contribution in [2.75, 3.05) is 11.9 Å². The second kappa shape index (κ2) is 5.95. The van der Waals surface area contributed by atoms with Gasteiger partial charge in [-0.15, -0.1) is 0 Å². The van der Waals surface area contributed by atoms with Crippen LogP contribution in [0.5, 0.6) is 5.75 Å². The normalized spacial score (nSPS) is 12.2. The Morgan fingerprint density at radius 3 is 2.35 bits per heavy atom. The summed E-state index contributed by atoms with van der Waals surface area (Å²) in [7, 11) is 1.94. The average molecular weight is 273 g/mol. The second-order valence-corrected chi connectivity index (χ2v) is 5.01. The molecular weight excluding hydrogens is 253 g/mol.